The molecule has 1 atom stereocenters. The van der Waals surface area contributed by atoms with Gasteiger partial charge in [0, 0.05) is 17.9 Å². The minimum atomic E-state index is -0.825. The number of carboxylic acids is 1. The van der Waals surface area contributed by atoms with Crippen molar-refractivity contribution < 1.29 is 15.1 Å². The van der Waals surface area contributed by atoms with Gasteiger partial charge in [-0.25, -0.2) is 0 Å². The first-order valence-electron chi connectivity index (χ1n) is 4.74. The van der Waals surface area contributed by atoms with Crippen molar-refractivity contribution in [2.75, 3.05) is 0 Å². The van der Waals surface area contributed by atoms with Crippen LogP contribution < -0.4 is 0 Å². The Bertz CT molecular complexity index is 426. The fourth-order valence-electron chi connectivity index (χ4n) is 2.06. The Morgan fingerprint density at radius 2 is 2.20 bits per heavy atom. The Morgan fingerprint density at radius 3 is 2.87 bits per heavy atom. The van der Waals surface area contributed by atoms with E-state index in [1.165, 1.54) is 0 Å². The Kier molecular flexibility index (Phi) is 2.41. The largest absolute Gasteiger partial charge is 0.481 e. The monoisotopic (exact) mass is 205 g/mol. The molecule has 0 saturated heterocycles. The van der Waals surface area contributed by atoms with Crippen LogP contribution in [0, 0.1) is 0 Å². The number of oxime groups is 1. The van der Waals surface area contributed by atoms with Gasteiger partial charge in [-0.2, -0.15) is 0 Å². The maximum atomic E-state index is 10.7. The second kappa shape index (κ2) is 3.73. The van der Waals surface area contributed by atoms with Gasteiger partial charge in [-0.15, -0.1) is 0 Å². The first-order valence-corrected chi connectivity index (χ1v) is 4.74. The van der Waals surface area contributed by atoms with Crippen LogP contribution in [0.2, 0.25) is 0 Å². The van der Waals surface area contributed by atoms with Gasteiger partial charge in [0.1, 0.15) is 0 Å². The lowest BCUT2D eigenvalue weighted by atomic mass is 9.98. The van der Waals surface area contributed by atoms with E-state index in [1.54, 1.807) is 0 Å². The molecule has 2 rings (SSSR count). The third-order valence-corrected chi connectivity index (χ3v) is 2.69. The zero-order valence-electron chi connectivity index (χ0n) is 8.05. The average Bonchev–Trinajstić information content (AvgIpc) is 2.56. The number of hydrogen-bond acceptors (Lipinski definition) is 3. The summed E-state index contributed by atoms with van der Waals surface area (Å²) in [5.41, 5.74) is 2.41. The molecule has 0 saturated carbocycles. The summed E-state index contributed by atoms with van der Waals surface area (Å²) in [6, 6.07) is 7.47. The predicted molar refractivity (Wildman–Crippen MR) is 54.4 cm³/mol. The SMILES string of the molecule is O=C(O)CC1C/C(=N/O)c2ccccc21. The van der Waals surface area contributed by atoms with Gasteiger partial charge in [-0.05, 0) is 5.56 Å². The molecule has 2 N–H and O–H groups in total. The predicted octanol–water partition coefficient (Wildman–Crippen LogP) is 1.83. The van der Waals surface area contributed by atoms with Crippen LogP contribution in [0.15, 0.2) is 29.4 Å². The van der Waals surface area contributed by atoms with Gasteiger partial charge in [0.15, 0.2) is 0 Å². The lowest BCUT2D eigenvalue weighted by Gasteiger charge is -2.06. The molecule has 4 heteroatoms. The van der Waals surface area contributed by atoms with Crippen molar-refractivity contribution in [3.8, 4) is 0 Å². The first-order chi connectivity index (χ1) is 7.22. The number of benzene rings is 1. The highest BCUT2D eigenvalue weighted by molar-refractivity contribution is 6.05. The minimum absolute atomic E-state index is 0.0652. The number of hydrogen-bond donors (Lipinski definition) is 2. The summed E-state index contributed by atoms with van der Waals surface area (Å²) in [6.07, 6.45) is 0.582. The molecule has 0 heterocycles. The van der Waals surface area contributed by atoms with Crippen LogP contribution in [0.5, 0.6) is 0 Å². The van der Waals surface area contributed by atoms with E-state index in [4.69, 9.17) is 10.3 Å². The van der Waals surface area contributed by atoms with Crippen LogP contribution in [-0.2, 0) is 4.79 Å². The minimum Gasteiger partial charge on any atom is -0.481 e. The number of rotatable bonds is 2. The molecule has 4 nitrogen and oxygen atoms in total. The highest BCUT2D eigenvalue weighted by atomic mass is 16.4. The van der Waals surface area contributed by atoms with E-state index in [-0.39, 0.29) is 12.3 Å². The first kappa shape index (κ1) is 9.71. The van der Waals surface area contributed by atoms with E-state index in [1.807, 2.05) is 24.3 Å². The lowest BCUT2D eigenvalue weighted by molar-refractivity contribution is -0.137. The summed E-state index contributed by atoms with van der Waals surface area (Å²) < 4.78 is 0. The second-order valence-electron chi connectivity index (χ2n) is 3.63. The van der Waals surface area contributed by atoms with Crippen molar-refractivity contribution in [1.29, 1.82) is 0 Å². The standard InChI is InChI=1S/C11H11NO3/c13-11(14)6-7-5-10(12-15)9-4-2-1-3-8(7)9/h1-4,7,15H,5-6H2,(H,13,14)/b12-10-. The molecule has 0 spiro atoms. The molecule has 0 aliphatic heterocycles. The Balaban J connectivity index is 2.38. The molecule has 78 valence electrons. The maximum Gasteiger partial charge on any atom is 0.303 e. The number of carbonyl (C=O) groups is 1. The molecule has 0 fully saturated rings. The average molecular weight is 205 g/mol. The fourth-order valence-corrected chi connectivity index (χ4v) is 2.06. The van der Waals surface area contributed by atoms with E-state index < -0.39 is 5.97 Å². The van der Waals surface area contributed by atoms with E-state index in [9.17, 15) is 4.79 Å². The Hall–Kier alpha value is -1.84. The van der Waals surface area contributed by atoms with Crippen molar-refractivity contribution in [3.63, 3.8) is 0 Å². The molecule has 0 radical (unpaired) electrons. The van der Waals surface area contributed by atoms with Crippen LogP contribution in [0.1, 0.15) is 29.9 Å². The van der Waals surface area contributed by atoms with Gasteiger partial charge < -0.3 is 10.3 Å². The molecule has 1 unspecified atom stereocenters. The second-order valence-corrected chi connectivity index (χ2v) is 3.63. The molecule has 0 amide bonds. The normalized spacial score (nSPS) is 21.6. The summed E-state index contributed by atoms with van der Waals surface area (Å²) in [6.45, 7) is 0. The van der Waals surface area contributed by atoms with Gasteiger partial charge in [0.05, 0.1) is 12.1 Å². The highest BCUT2D eigenvalue weighted by Gasteiger charge is 2.29. The number of carboxylic acid groups (broad SMARTS) is 1. The number of fused-ring (bicyclic) bond motifs is 1. The molecule has 1 aliphatic carbocycles. The summed E-state index contributed by atoms with van der Waals surface area (Å²) in [4.78, 5) is 10.7. The molecule has 0 bridgehead atoms. The topological polar surface area (TPSA) is 69.9 Å². The van der Waals surface area contributed by atoms with E-state index in [0.717, 1.165) is 11.1 Å². The molecule has 1 aliphatic rings. The van der Waals surface area contributed by atoms with Crippen LogP contribution in [0.4, 0.5) is 0 Å². The van der Waals surface area contributed by atoms with Crippen molar-refractivity contribution in [2.24, 2.45) is 5.16 Å². The Morgan fingerprint density at radius 1 is 1.47 bits per heavy atom. The quantitative estimate of drug-likeness (QED) is 0.571. The van der Waals surface area contributed by atoms with Crippen molar-refractivity contribution >= 4 is 11.7 Å². The van der Waals surface area contributed by atoms with Crippen LogP contribution >= 0.6 is 0 Å². The van der Waals surface area contributed by atoms with Gasteiger partial charge in [0.2, 0.25) is 0 Å². The van der Waals surface area contributed by atoms with Crippen molar-refractivity contribution in [2.45, 2.75) is 18.8 Å². The number of aliphatic carboxylic acids is 1. The molecular formula is C11H11NO3. The summed E-state index contributed by atoms with van der Waals surface area (Å²) in [5, 5.41) is 20.8. The van der Waals surface area contributed by atoms with Crippen LogP contribution in [0.25, 0.3) is 0 Å². The van der Waals surface area contributed by atoms with Crippen LogP contribution in [-0.4, -0.2) is 22.0 Å². The zero-order chi connectivity index (χ0) is 10.8. The fraction of sp³-hybridized carbons (Fsp3) is 0.273. The summed E-state index contributed by atoms with van der Waals surface area (Å²) in [5.74, 6) is -0.890. The van der Waals surface area contributed by atoms with Gasteiger partial charge >= 0.3 is 5.97 Å². The van der Waals surface area contributed by atoms with E-state index >= 15 is 0 Å². The van der Waals surface area contributed by atoms with E-state index in [2.05, 4.69) is 5.16 Å². The van der Waals surface area contributed by atoms with Crippen LogP contribution in [0.3, 0.4) is 0 Å². The van der Waals surface area contributed by atoms with Crippen molar-refractivity contribution in [1.82, 2.24) is 0 Å². The summed E-state index contributed by atoms with van der Waals surface area (Å²) in [7, 11) is 0. The zero-order valence-corrected chi connectivity index (χ0v) is 8.05. The van der Waals surface area contributed by atoms with E-state index in [0.29, 0.717) is 12.1 Å². The number of nitrogens with zero attached hydrogens (tertiary/aromatic N) is 1. The Labute approximate surface area is 86.8 Å². The molecule has 15 heavy (non-hydrogen) atoms. The molecule has 1 aromatic rings. The van der Waals surface area contributed by atoms with Gasteiger partial charge in [-0.3, -0.25) is 4.79 Å². The smallest absolute Gasteiger partial charge is 0.303 e. The lowest BCUT2D eigenvalue weighted by Crippen LogP contribution is -2.03. The molecule has 0 aromatic heterocycles. The maximum absolute atomic E-state index is 10.7. The summed E-state index contributed by atoms with van der Waals surface area (Å²) >= 11 is 0. The highest BCUT2D eigenvalue weighted by Crippen LogP contribution is 2.35. The van der Waals surface area contributed by atoms with Gasteiger partial charge in [-0.1, -0.05) is 29.4 Å². The van der Waals surface area contributed by atoms with Gasteiger partial charge in [0.25, 0.3) is 0 Å². The third kappa shape index (κ3) is 1.70. The third-order valence-electron chi connectivity index (χ3n) is 2.69. The van der Waals surface area contributed by atoms with Crippen molar-refractivity contribution in [3.05, 3.63) is 35.4 Å². The molecule has 1 aromatic carbocycles. The molecular weight excluding hydrogens is 194 g/mol.